The molecule has 1 N–H and O–H groups in total. The van der Waals surface area contributed by atoms with E-state index in [-0.39, 0.29) is 0 Å². The van der Waals surface area contributed by atoms with E-state index in [1.165, 1.54) is 5.56 Å². The van der Waals surface area contributed by atoms with Gasteiger partial charge in [0.25, 0.3) is 0 Å². The topological polar surface area (TPSA) is 41.0 Å². The van der Waals surface area contributed by atoms with E-state index in [2.05, 4.69) is 51.5 Å². The number of hydrogen-bond acceptors (Lipinski definition) is 4. The van der Waals surface area contributed by atoms with Gasteiger partial charge in [-0.1, -0.05) is 12.1 Å². The Morgan fingerprint density at radius 1 is 1.10 bits per heavy atom. The first-order chi connectivity index (χ1) is 9.67. The molecule has 0 saturated carbocycles. The third kappa shape index (κ3) is 4.40. The van der Waals surface area contributed by atoms with Crippen molar-refractivity contribution in [3.8, 4) is 0 Å². The van der Waals surface area contributed by atoms with E-state index in [4.69, 9.17) is 0 Å². The maximum Gasteiger partial charge on any atom is 0.0547 e. The second kappa shape index (κ2) is 7.12. The van der Waals surface area contributed by atoms with Gasteiger partial charge in [0.1, 0.15) is 0 Å². The van der Waals surface area contributed by atoms with Crippen LogP contribution in [0.25, 0.3) is 0 Å². The highest BCUT2D eigenvalue weighted by atomic mass is 15.1. The van der Waals surface area contributed by atoms with Crippen LogP contribution < -0.4 is 5.32 Å². The summed E-state index contributed by atoms with van der Waals surface area (Å²) in [6.07, 6.45) is 1.94. The van der Waals surface area contributed by atoms with Crippen molar-refractivity contribution >= 4 is 0 Å². The molecule has 0 saturated heterocycles. The monoisotopic (exact) mass is 270 g/mol. The van der Waals surface area contributed by atoms with Crippen LogP contribution in [-0.2, 0) is 19.6 Å². The Balaban J connectivity index is 1.92. The second-order valence-corrected chi connectivity index (χ2v) is 5.13. The molecule has 0 amide bonds. The fraction of sp³-hybridized carbons (Fsp3) is 0.375. The number of pyridine rings is 2. The average molecular weight is 270 g/mol. The van der Waals surface area contributed by atoms with Crippen LogP contribution in [0.1, 0.15) is 22.6 Å². The van der Waals surface area contributed by atoms with Gasteiger partial charge in [0.05, 0.1) is 11.4 Å². The molecule has 2 rings (SSSR count). The molecule has 0 fully saturated rings. The lowest BCUT2D eigenvalue weighted by Crippen LogP contribution is -2.19. The molecule has 0 unspecified atom stereocenters. The van der Waals surface area contributed by atoms with Crippen LogP contribution in [0.3, 0.4) is 0 Å². The summed E-state index contributed by atoms with van der Waals surface area (Å²) in [5, 5.41) is 3.12. The number of nitrogens with one attached hydrogen (secondary N) is 1. The van der Waals surface area contributed by atoms with Gasteiger partial charge in [0.15, 0.2) is 0 Å². The standard InChI is InChI=1S/C16H22N4/c1-13-5-4-6-16(19-13)12-20(3)11-15-8-7-14(9-17-2)10-18-15/h4-8,10,17H,9,11-12H2,1-3H3. The van der Waals surface area contributed by atoms with Gasteiger partial charge >= 0.3 is 0 Å². The van der Waals surface area contributed by atoms with Gasteiger partial charge in [-0.05, 0) is 44.8 Å². The average Bonchev–Trinajstić information content (AvgIpc) is 2.41. The Labute approximate surface area is 120 Å². The predicted molar refractivity (Wildman–Crippen MR) is 81.1 cm³/mol. The van der Waals surface area contributed by atoms with Gasteiger partial charge in [0.2, 0.25) is 0 Å². The summed E-state index contributed by atoms with van der Waals surface area (Å²) >= 11 is 0. The van der Waals surface area contributed by atoms with Gasteiger partial charge in [-0.25, -0.2) is 0 Å². The van der Waals surface area contributed by atoms with Crippen molar-refractivity contribution in [3.63, 3.8) is 0 Å². The summed E-state index contributed by atoms with van der Waals surface area (Å²) < 4.78 is 0. The molecule has 4 heteroatoms. The van der Waals surface area contributed by atoms with Gasteiger partial charge in [-0.3, -0.25) is 14.9 Å². The van der Waals surface area contributed by atoms with E-state index >= 15 is 0 Å². The van der Waals surface area contributed by atoms with E-state index in [0.29, 0.717) is 0 Å². The summed E-state index contributed by atoms with van der Waals surface area (Å²) in [4.78, 5) is 11.2. The van der Waals surface area contributed by atoms with E-state index in [0.717, 1.165) is 36.7 Å². The van der Waals surface area contributed by atoms with Gasteiger partial charge in [-0.15, -0.1) is 0 Å². The van der Waals surface area contributed by atoms with E-state index < -0.39 is 0 Å². The smallest absolute Gasteiger partial charge is 0.0547 e. The lowest BCUT2D eigenvalue weighted by molar-refractivity contribution is 0.311. The molecule has 20 heavy (non-hydrogen) atoms. The highest BCUT2D eigenvalue weighted by Gasteiger charge is 2.04. The number of rotatable bonds is 6. The fourth-order valence-electron chi connectivity index (χ4n) is 2.15. The van der Waals surface area contributed by atoms with Crippen LogP contribution in [0, 0.1) is 6.92 Å². The minimum absolute atomic E-state index is 0.829. The van der Waals surface area contributed by atoms with Crippen LogP contribution in [0.5, 0.6) is 0 Å². The van der Waals surface area contributed by atoms with E-state index in [1.54, 1.807) is 0 Å². The molecule has 0 atom stereocenters. The van der Waals surface area contributed by atoms with Gasteiger partial charge in [0, 0.05) is 31.5 Å². The van der Waals surface area contributed by atoms with E-state index in [1.807, 2.05) is 26.2 Å². The quantitative estimate of drug-likeness (QED) is 0.873. The van der Waals surface area contributed by atoms with Crippen LogP contribution in [0.15, 0.2) is 36.5 Å². The Morgan fingerprint density at radius 2 is 1.90 bits per heavy atom. The number of aryl methyl sites for hydroxylation is 1. The Kier molecular flexibility index (Phi) is 5.21. The SMILES string of the molecule is CNCc1ccc(CN(C)Cc2cccc(C)n2)nc1. The third-order valence-corrected chi connectivity index (χ3v) is 3.08. The molecule has 0 spiro atoms. The Morgan fingerprint density at radius 3 is 2.55 bits per heavy atom. The molecule has 2 heterocycles. The molecule has 2 aromatic rings. The molecule has 0 aliphatic rings. The van der Waals surface area contributed by atoms with Crippen molar-refractivity contribution < 1.29 is 0 Å². The van der Waals surface area contributed by atoms with Crippen LogP contribution in [0.4, 0.5) is 0 Å². The molecular formula is C16H22N4. The molecule has 0 aliphatic carbocycles. The van der Waals surface area contributed by atoms with Crippen LogP contribution in [-0.4, -0.2) is 29.0 Å². The minimum atomic E-state index is 0.829. The maximum atomic E-state index is 4.52. The maximum absolute atomic E-state index is 4.52. The second-order valence-electron chi connectivity index (χ2n) is 5.13. The van der Waals surface area contributed by atoms with Crippen LogP contribution in [0.2, 0.25) is 0 Å². The van der Waals surface area contributed by atoms with Crippen molar-refractivity contribution in [1.82, 2.24) is 20.2 Å². The van der Waals surface area contributed by atoms with Crippen molar-refractivity contribution in [3.05, 3.63) is 59.2 Å². The first-order valence-corrected chi connectivity index (χ1v) is 6.87. The van der Waals surface area contributed by atoms with Crippen molar-refractivity contribution in [2.24, 2.45) is 0 Å². The first kappa shape index (κ1) is 14.6. The summed E-state index contributed by atoms with van der Waals surface area (Å²) in [6.45, 7) is 4.54. The zero-order valence-electron chi connectivity index (χ0n) is 12.4. The zero-order valence-corrected chi connectivity index (χ0v) is 12.4. The molecule has 0 aromatic carbocycles. The Hall–Kier alpha value is -1.78. The lowest BCUT2D eigenvalue weighted by Gasteiger charge is -2.16. The largest absolute Gasteiger partial charge is 0.316 e. The highest BCUT2D eigenvalue weighted by Crippen LogP contribution is 2.06. The lowest BCUT2D eigenvalue weighted by atomic mass is 10.2. The van der Waals surface area contributed by atoms with E-state index in [9.17, 15) is 0 Å². The zero-order chi connectivity index (χ0) is 14.4. The predicted octanol–water partition coefficient (Wildman–Crippen LogP) is 2.14. The highest BCUT2D eigenvalue weighted by molar-refractivity contribution is 5.14. The molecule has 4 nitrogen and oxygen atoms in total. The molecule has 106 valence electrons. The van der Waals surface area contributed by atoms with Crippen molar-refractivity contribution in [2.75, 3.05) is 14.1 Å². The van der Waals surface area contributed by atoms with Crippen molar-refractivity contribution in [1.29, 1.82) is 0 Å². The fourth-order valence-corrected chi connectivity index (χ4v) is 2.15. The number of nitrogens with zero attached hydrogens (tertiary/aromatic N) is 3. The first-order valence-electron chi connectivity index (χ1n) is 6.87. The molecular weight excluding hydrogens is 248 g/mol. The minimum Gasteiger partial charge on any atom is -0.316 e. The molecule has 0 aliphatic heterocycles. The van der Waals surface area contributed by atoms with Gasteiger partial charge < -0.3 is 5.32 Å². The summed E-state index contributed by atoms with van der Waals surface area (Å²) in [5.41, 5.74) is 4.45. The normalized spacial score (nSPS) is 11.0. The summed E-state index contributed by atoms with van der Waals surface area (Å²) in [6, 6.07) is 10.3. The molecule has 0 bridgehead atoms. The number of hydrogen-bond donors (Lipinski definition) is 1. The summed E-state index contributed by atoms with van der Waals surface area (Å²) in [5.74, 6) is 0. The Bertz CT molecular complexity index is 536. The van der Waals surface area contributed by atoms with Crippen LogP contribution >= 0.6 is 0 Å². The third-order valence-electron chi connectivity index (χ3n) is 3.08. The van der Waals surface area contributed by atoms with Crippen molar-refractivity contribution in [2.45, 2.75) is 26.6 Å². The summed E-state index contributed by atoms with van der Waals surface area (Å²) in [7, 11) is 4.03. The number of aromatic nitrogens is 2. The molecule has 0 radical (unpaired) electrons. The molecule has 2 aromatic heterocycles. The van der Waals surface area contributed by atoms with Gasteiger partial charge in [-0.2, -0.15) is 0 Å².